The predicted molar refractivity (Wildman–Crippen MR) is 80.0 cm³/mol. The van der Waals surface area contributed by atoms with E-state index < -0.39 is 11.8 Å². The standard InChI is InChI=1S/C15H14ClFN2O/c1-9-3-5-12(7-10(9)2)18-15(20)19-14-6-4-11(17)8-13(14)16/h3-8H,1-2H3,(H2,18,19,20). The Morgan fingerprint density at radius 3 is 2.45 bits per heavy atom. The lowest BCUT2D eigenvalue weighted by Crippen LogP contribution is -2.19. The Labute approximate surface area is 121 Å². The van der Waals surface area contributed by atoms with Crippen molar-refractivity contribution >= 4 is 29.0 Å². The molecule has 2 aromatic rings. The van der Waals surface area contributed by atoms with E-state index in [1.54, 1.807) is 0 Å². The molecule has 3 nitrogen and oxygen atoms in total. The summed E-state index contributed by atoms with van der Waals surface area (Å²) < 4.78 is 12.9. The molecule has 0 saturated heterocycles. The van der Waals surface area contributed by atoms with Gasteiger partial charge in [-0.3, -0.25) is 0 Å². The zero-order valence-electron chi connectivity index (χ0n) is 11.1. The third-order valence-corrected chi connectivity index (χ3v) is 3.26. The second-order valence-corrected chi connectivity index (χ2v) is 4.91. The summed E-state index contributed by atoms with van der Waals surface area (Å²) in [4.78, 5) is 11.8. The van der Waals surface area contributed by atoms with Gasteiger partial charge in [0.15, 0.2) is 0 Å². The van der Waals surface area contributed by atoms with Crippen LogP contribution in [-0.2, 0) is 0 Å². The summed E-state index contributed by atoms with van der Waals surface area (Å²) in [6.07, 6.45) is 0. The lowest BCUT2D eigenvalue weighted by atomic mass is 10.1. The highest BCUT2D eigenvalue weighted by molar-refractivity contribution is 6.33. The normalized spacial score (nSPS) is 10.2. The fourth-order valence-electron chi connectivity index (χ4n) is 1.69. The highest BCUT2D eigenvalue weighted by Gasteiger charge is 2.07. The minimum atomic E-state index is -0.449. The molecule has 2 amide bonds. The van der Waals surface area contributed by atoms with E-state index in [-0.39, 0.29) is 5.02 Å². The van der Waals surface area contributed by atoms with Gasteiger partial charge in [-0.2, -0.15) is 0 Å². The molecule has 2 rings (SSSR count). The first-order valence-electron chi connectivity index (χ1n) is 6.06. The molecule has 20 heavy (non-hydrogen) atoms. The van der Waals surface area contributed by atoms with Crippen molar-refractivity contribution in [2.45, 2.75) is 13.8 Å². The van der Waals surface area contributed by atoms with Gasteiger partial charge in [-0.15, -0.1) is 0 Å². The van der Waals surface area contributed by atoms with E-state index in [2.05, 4.69) is 10.6 Å². The van der Waals surface area contributed by atoms with Crippen LogP contribution in [0.25, 0.3) is 0 Å². The Bertz CT molecular complexity index is 658. The quantitative estimate of drug-likeness (QED) is 0.824. The lowest BCUT2D eigenvalue weighted by molar-refractivity contribution is 0.262. The van der Waals surface area contributed by atoms with E-state index in [1.165, 1.54) is 12.1 Å². The molecule has 104 valence electrons. The van der Waals surface area contributed by atoms with Crippen LogP contribution in [0.4, 0.5) is 20.6 Å². The van der Waals surface area contributed by atoms with E-state index in [9.17, 15) is 9.18 Å². The molecule has 0 unspecified atom stereocenters. The van der Waals surface area contributed by atoms with Crippen LogP contribution in [0.2, 0.25) is 5.02 Å². The molecule has 0 atom stereocenters. The van der Waals surface area contributed by atoms with Crippen molar-refractivity contribution in [3.8, 4) is 0 Å². The number of hydrogen-bond donors (Lipinski definition) is 2. The SMILES string of the molecule is Cc1ccc(NC(=O)Nc2ccc(F)cc2Cl)cc1C. The van der Waals surface area contributed by atoms with Gasteiger partial charge in [-0.1, -0.05) is 17.7 Å². The van der Waals surface area contributed by atoms with Crippen LogP contribution in [0, 0.1) is 19.7 Å². The van der Waals surface area contributed by atoms with Crippen LogP contribution in [-0.4, -0.2) is 6.03 Å². The maximum atomic E-state index is 12.9. The Balaban J connectivity index is 2.07. The van der Waals surface area contributed by atoms with Crippen LogP contribution in [0.5, 0.6) is 0 Å². The third kappa shape index (κ3) is 3.48. The van der Waals surface area contributed by atoms with Gasteiger partial charge in [-0.25, -0.2) is 9.18 Å². The number of carbonyl (C=O) groups excluding carboxylic acids is 1. The number of aryl methyl sites for hydroxylation is 2. The average molecular weight is 293 g/mol. The number of rotatable bonds is 2. The summed E-state index contributed by atoms with van der Waals surface area (Å²) in [5.74, 6) is -0.449. The van der Waals surface area contributed by atoms with Crippen molar-refractivity contribution in [1.29, 1.82) is 0 Å². The van der Waals surface area contributed by atoms with Crippen molar-refractivity contribution < 1.29 is 9.18 Å². The van der Waals surface area contributed by atoms with E-state index in [0.29, 0.717) is 11.4 Å². The Hall–Kier alpha value is -2.07. The summed E-state index contributed by atoms with van der Waals surface area (Å²) in [6, 6.07) is 8.98. The van der Waals surface area contributed by atoms with Crippen molar-refractivity contribution in [2.24, 2.45) is 0 Å². The smallest absolute Gasteiger partial charge is 0.308 e. The summed E-state index contributed by atoms with van der Waals surface area (Å²) in [6.45, 7) is 3.97. The van der Waals surface area contributed by atoms with Gasteiger partial charge < -0.3 is 10.6 Å². The number of anilines is 2. The van der Waals surface area contributed by atoms with Gasteiger partial charge in [-0.05, 0) is 55.3 Å². The molecular weight excluding hydrogens is 279 g/mol. The van der Waals surface area contributed by atoms with Crippen molar-refractivity contribution in [2.75, 3.05) is 10.6 Å². The zero-order chi connectivity index (χ0) is 14.7. The van der Waals surface area contributed by atoms with Crippen LogP contribution >= 0.6 is 11.6 Å². The first kappa shape index (κ1) is 14.3. The molecule has 0 heterocycles. The van der Waals surface area contributed by atoms with Gasteiger partial charge in [0.2, 0.25) is 0 Å². The molecule has 0 fully saturated rings. The second-order valence-electron chi connectivity index (χ2n) is 4.50. The fourth-order valence-corrected chi connectivity index (χ4v) is 1.91. The minimum Gasteiger partial charge on any atom is -0.308 e. The number of urea groups is 1. The number of carbonyl (C=O) groups is 1. The van der Waals surface area contributed by atoms with E-state index in [0.717, 1.165) is 17.2 Å². The lowest BCUT2D eigenvalue weighted by Gasteiger charge is -2.10. The summed E-state index contributed by atoms with van der Waals surface area (Å²) in [5, 5.41) is 5.42. The number of hydrogen-bond acceptors (Lipinski definition) is 1. The minimum absolute atomic E-state index is 0.153. The van der Waals surface area contributed by atoms with Gasteiger partial charge in [0.25, 0.3) is 0 Å². The predicted octanol–water partition coefficient (Wildman–Crippen LogP) is 4.74. The van der Waals surface area contributed by atoms with Gasteiger partial charge >= 0.3 is 6.03 Å². The van der Waals surface area contributed by atoms with Gasteiger partial charge in [0.1, 0.15) is 5.82 Å². The van der Waals surface area contributed by atoms with Gasteiger partial charge in [0, 0.05) is 5.69 Å². The molecular formula is C15H14ClFN2O. The first-order chi connectivity index (χ1) is 9.45. The Morgan fingerprint density at radius 2 is 1.80 bits per heavy atom. The van der Waals surface area contributed by atoms with Crippen LogP contribution in [0.1, 0.15) is 11.1 Å². The van der Waals surface area contributed by atoms with E-state index >= 15 is 0 Å². The van der Waals surface area contributed by atoms with Crippen LogP contribution < -0.4 is 10.6 Å². The number of benzene rings is 2. The molecule has 0 radical (unpaired) electrons. The van der Waals surface area contributed by atoms with Crippen molar-refractivity contribution in [3.63, 3.8) is 0 Å². The van der Waals surface area contributed by atoms with Crippen LogP contribution in [0.15, 0.2) is 36.4 Å². The van der Waals surface area contributed by atoms with Crippen LogP contribution in [0.3, 0.4) is 0 Å². The maximum absolute atomic E-state index is 12.9. The molecule has 0 aliphatic rings. The second kappa shape index (κ2) is 5.92. The molecule has 0 spiro atoms. The molecule has 2 aromatic carbocycles. The number of amides is 2. The largest absolute Gasteiger partial charge is 0.323 e. The number of nitrogens with one attached hydrogen (secondary N) is 2. The van der Waals surface area contributed by atoms with Crippen molar-refractivity contribution in [1.82, 2.24) is 0 Å². The Kier molecular flexibility index (Phi) is 4.25. The summed E-state index contributed by atoms with van der Waals surface area (Å²) in [7, 11) is 0. The molecule has 0 bridgehead atoms. The average Bonchev–Trinajstić information content (AvgIpc) is 2.37. The highest BCUT2D eigenvalue weighted by Crippen LogP contribution is 2.22. The van der Waals surface area contributed by atoms with Crippen molar-refractivity contribution in [3.05, 3.63) is 58.4 Å². The summed E-state index contributed by atoms with van der Waals surface area (Å²) >= 11 is 5.84. The van der Waals surface area contributed by atoms with E-state index in [1.807, 2.05) is 32.0 Å². The molecule has 2 N–H and O–H groups in total. The fraction of sp³-hybridized carbons (Fsp3) is 0.133. The highest BCUT2D eigenvalue weighted by atomic mass is 35.5. The monoisotopic (exact) mass is 292 g/mol. The van der Waals surface area contributed by atoms with Gasteiger partial charge in [0.05, 0.1) is 10.7 Å². The van der Waals surface area contributed by atoms with E-state index in [4.69, 9.17) is 11.6 Å². The molecule has 0 saturated carbocycles. The molecule has 0 aromatic heterocycles. The Morgan fingerprint density at radius 1 is 1.05 bits per heavy atom. The maximum Gasteiger partial charge on any atom is 0.323 e. The first-order valence-corrected chi connectivity index (χ1v) is 6.44. The molecule has 5 heteroatoms. The molecule has 0 aliphatic heterocycles. The molecule has 0 aliphatic carbocycles. The topological polar surface area (TPSA) is 41.1 Å². The number of halogens is 2. The third-order valence-electron chi connectivity index (χ3n) is 2.94. The summed E-state index contributed by atoms with van der Waals surface area (Å²) in [5.41, 5.74) is 3.28. The zero-order valence-corrected chi connectivity index (χ0v) is 11.9.